The van der Waals surface area contributed by atoms with E-state index in [0.717, 1.165) is 25.7 Å². The fraction of sp³-hybridized carbons (Fsp3) is 0.625. The zero-order chi connectivity index (χ0) is 14.2. The van der Waals surface area contributed by atoms with E-state index >= 15 is 0 Å². The average molecular weight is 299 g/mol. The van der Waals surface area contributed by atoms with E-state index < -0.39 is 5.82 Å². The molecule has 0 aromatic heterocycles. The number of aliphatic hydroxyl groups is 1. The van der Waals surface area contributed by atoms with Crippen molar-refractivity contribution in [3.05, 3.63) is 29.0 Å². The number of halogens is 2. The van der Waals surface area contributed by atoms with Crippen LogP contribution in [0, 0.1) is 11.2 Å². The Morgan fingerprint density at radius 1 is 1.20 bits per heavy atom. The number of benzene rings is 1. The van der Waals surface area contributed by atoms with Gasteiger partial charge in [-0.1, -0.05) is 43.4 Å². The first-order chi connectivity index (χ1) is 9.63. The highest BCUT2D eigenvalue weighted by atomic mass is 35.5. The van der Waals surface area contributed by atoms with E-state index in [1.165, 1.54) is 18.9 Å². The Labute approximate surface area is 123 Å². The van der Waals surface area contributed by atoms with Crippen LogP contribution in [0.2, 0.25) is 5.02 Å². The summed E-state index contributed by atoms with van der Waals surface area (Å²) in [6.45, 7) is 0. The summed E-state index contributed by atoms with van der Waals surface area (Å²) in [5, 5.41) is 10.3. The van der Waals surface area contributed by atoms with E-state index in [4.69, 9.17) is 16.3 Å². The molecule has 20 heavy (non-hydrogen) atoms. The molecule has 1 spiro atoms. The van der Waals surface area contributed by atoms with Crippen molar-refractivity contribution in [3.8, 4) is 5.75 Å². The van der Waals surface area contributed by atoms with Gasteiger partial charge in [-0.25, -0.2) is 4.39 Å². The van der Waals surface area contributed by atoms with Crippen LogP contribution in [0.4, 0.5) is 4.39 Å². The first-order valence-corrected chi connectivity index (χ1v) is 7.80. The van der Waals surface area contributed by atoms with Gasteiger partial charge in [-0.2, -0.15) is 0 Å². The summed E-state index contributed by atoms with van der Waals surface area (Å²) in [7, 11) is 0. The molecule has 2 fully saturated rings. The standard InChI is InChI=1S/C16H20ClFO2/c17-11-6-5-7-12(15(11)18)20-14-10-13(19)16(14)8-3-1-2-4-9-16/h5-7,13-14,19H,1-4,8-10H2. The lowest BCUT2D eigenvalue weighted by Gasteiger charge is -2.53. The molecule has 2 saturated carbocycles. The van der Waals surface area contributed by atoms with E-state index in [1.807, 2.05) is 0 Å². The summed E-state index contributed by atoms with van der Waals surface area (Å²) < 4.78 is 19.8. The maximum absolute atomic E-state index is 13.9. The van der Waals surface area contributed by atoms with E-state index in [2.05, 4.69) is 0 Å². The van der Waals surface area contributed by atoms with Gasteiger partial charge >= 0.3 is 0 Å². The summed E-state index contributed by atoms with van der Waals surface area (Å²) in [4.78, 5) is 0. The van der Waals surface area contributed by atoms with Crippen LogP contribution in [-0.4, -0.2) is 17.3 Å². The van der Waals surface area contributed by atoms with Gasteiger partial charge < -0.3 is 9.84 Å². The highest BCUT2D eigenvalue weighted by Gasteiger charge is 2.55. The number of hydrogen-bond acceptors (Lipinski definition) is 2. The molecule has 110 valence electrons. The first-order valence-electron chi connectivity index (χ1n) is 7.42. The zero-order valence-electron chi connectivity index (χ0n) is 11.4. The third-order valence-corrected chi connectivity index (χ3v) is 5.25. The van der Waals surface area contributed by atoms with Gasteiger partial charge in [-0.3, -0.25) is 0 Å². The van der Waals surface area contributed by atoms with E-state index in [0.29, 0.717) is 6.42 Å². The molecule has 4 heteroatoms. The largest absolute Gasteiger partial charge is 0.487 e. The zero-order valence-corrected chi connectivity index (χ0v) is 12.2. The summed E-state index contributed by atoms with van der Waals surface area (Å²) in [6, 6.07) is 4.81. The molecule has 0 heterocycles. The number of rotatable bonds is 2. The lowest BCUT2D eigenvalue weighted by Crippen LogP contribution is -2.59. The maximum atomic E-state index is 13.9. The molecule has 0 amide bonds. The molecule has 0 radical (unpaired) electrons. The van der Waals surface area contributed by atoms with Crippen LogP contribution in [-0.2, 0) is 0 Å². The van der Waals surface area contributed by atoms with Crippen LogP contribution in [0.25, 0.3) is 0 Å². The van der Waals surface area contributed by atoms with Gasteiger partial charge in [0, 0.05) is 11.8 Å². The average Bonchev–Trinajstić information content (AvgIpc) is 2.71. The second kappa shape index (κ2) is 5.53. The Balaban J connectivity index is 1.78. The van der Waals surface area contributed by atoms with Crippen LogP contribution in [0.15, 0.2) is 18.2 Å². The summed E-state index contributed by atoms with van der Waals surface area (Å²) in [5.74, 6) is -0.294. The van der Waals surface area contributed by atoms with Gasteiger partial charge in [0.1, 0.15) is 6.10 Å². The van der Waals surface area contributed by atoms with Crippen LogP contribution >= 0.6 is 11.6 Å². The van der Waals surface area contributed by atoms with Crippen molar-refractivity contribution in [2.75, 3.05) is 0 Å². The van der Waals surface area contributed by atoms with Crippen LogP contribution in [0.1, 0.15) is 44.9 Å². The van der Waals surface area contributed by atoms with E-state index in [1.54, 1.807) is 12.1 Å². The normalized spacial score (nSPS) is 28.8. The molecule has 3 rings (SSSR count). The minimum Gasteiger partial charge on any atom is -0.487 e. The van der Waals surface area contributed by atoms with Crippen molar-refractivity contribution in [1.29, 1.82) is 0 Å². The molecule has 2 nitrogen and oxygen atoms in total. The fourth-order valence-electron chi connectivity index (χ4n) is 3.66. The molecular weight excluding hydrogens is 279 g/mol. The molecule has 2 aliphatic carbocycles. The minimum atomic E-state index is -0.501. The second-order valence-corrected chi connectivity index (χ2v) is 6.46. The molecule has 2 aliphatic rings. The molecule has 2 unspecified atom stereocenters. The third-order valence-electron chi connectivity index (χ3n) is 4.96. The first kappa shape index (κ1) is 14.2. The lowest BCUT2D eigenvalue weighted by atomic mass is 9.59. The molecule has 1 N–H and O–H groups in total. The number of hydrogen-bond donors (Lipinski definition) is 1. The van der Waals surface area contributed by atoms with E-state index in [9.17, 15) is 9.50 Å². The molecule has 1 aromatic carbocycles. The van der Waals surface area contributed by atoms with Gasteiger partial charge in [0.2, 0.25) is 0 Å². The monoisotopic (exact) mass is 298 g/mol. The number of aliphatic hydroxyl groups excluding tert-OH is 1. The van der Waals surface area contributed by atoms with Crippen LogP contribution < -0.4 is 4.74 Å². The molecule has 0 bridgehead atoms. The predicted octanol–water partition coefficient (Wildman–Crippen LogP) is 4.33. The minimum absolute atomic E-state index is 0.0808. The fourth-order valence-corrected chi connectivity index (χ4v) is 3.83. The molecule has 2 atom stereocenters. The van der Waals surface area contributed by atoms with Crippen molar-refractivity contribution in [1.82, 2.24) is 0 Å². The SMILES string of the molecule is OC1CC(Oc2cccc(Cl)c2F)C12CCCCCC2. The lowest BCUT2D eigenvalue weighted by molar-refractivity contribution is -0.163. The highest BCUT2D eigenvalue weighted by molar-refractivity contribution is 6.30. The summed E-state index contributed by atoms with van der Waals surface area (Å²) in [5.41, 5.74) is -0.175. The smallest absolute Gasteiger partial charge is 0.183 e. The quantitative estimate of drug-likeness (QED) is 0.880. The molecular formula is C16H20ClFO2. The van der Waals surface area contributed by atoms with Gasteiger partial charge in [0.25, 0.3) is 0 Å². The molecule has 0 aliphatic heterocycles. The number of ether oxygens (including phenoxy) is 1. The Kier molecular flexibility index (Phi) is 3.91. The van der Waals surface area contributed by atoms with Crippen molar-refractivity contribution in [2.45, 2.75) is 57.2 Å². The van der Waals surface area contributed by atoms with Crippen molar-refractivity contribution in [2.24, 2.45) is 5.41 Å². The third kappa shape index (κ3) is 2.31. The second-order valence-electron chi connectivity index (χ2n) is 6.06. The predicted molar refractivity (Wildman–Crippen MR) is 76.6 cm³/mol. The van der Waals surface area contributed by atoms with Crippen molar-refractivity contribution in [3.63, 3.8) is 0 Å². The molecule has 1 aromatic rings. The maximum Gasteiger partial charge on any atom is 0.183 e. The summed E-state index contributed by atoms with van der Waals surface area (Å²) >= 11 is 5.79. The van der Waals surface area contributed by atoms with Crippen LogP contribution in [0.5, 0.6) is 5.75 Å². The van der Waals surface area contributed by atoms with Gasteiger partial charge in [-0.05, 0) is 25.0 Å². The van der Waals surface area contributed by atoms with E-state index in [-0.39, 0.29) is 28.4 Å². The van der Waals surface area contributed by atoms with Crippen molar-refractivity contribution >= 4 is 11.6 Å². The topological polar surface area (TPSA) is 29.5 Å². The van der Waals surface area contributed by atoms with Gasteiger partial charge in [0.15, 0.2) is 11.6 Å². The molecule has 0 saturated heterocycles. The van der Waals surface area contributed by atoms with Gasteiger partial charge in [0.05, 0.1) is 11.1 Å². The van der Waals surface area contributed by atoms with Gasteiger partial charge in [-0.15, -0.1) is 0 Å². The summed E-state index contributed by atoms with van der Waals surface area (Å²) in [6.07, 6.45) is 6.80. The Bertz CT molecular complexity index is 483. The Morgan fingerprint density at radius 3 is 2.55 bits per heavy atom. The van der Waals surface area contributed by atoms with Crippen LogP contribution in [0.3, 0.4) is 0 Å². The highest BCUT2D eigenvalue weighted by Crippen LogP contribution is 2.52. The Hall–Kier alpha value is -0.800. The Morgan fingerprint density at radius 2 is 1.90 bits per heavy atom. The van der Waals surface area contributed by atoms with Crippen molar-refractivity contribution < 1.29 is 14.2 Å².